The van der Waals surface area contributed by atoms with Gasteiger partial charge in [0.1, 0.15) is 0 Å². The molecule has 2 saturated heterocycles. The van der Waals surface area contributed by atoms with Crippen molar-refractivity contribution in [2.75, 3.05) is 39.4 Å². The molecular weight excluding hydrogens is 397 g/mol. The van der Waals surface area contributed by atoms with Crippen LogP contribution in [0.25, 0.3) is 11.4 Å². The number of aromatic nitrogens is 2. The largest absolute Gasteiger partial charge is 0.416 e. The molecule has 2 fully saturated rings. The summed E-state index contributed by atoms with van der Waals surface area (Å²) >= 11 is 0. The van der Waals surface area contributed by atoms with Crippen LogP contribution in [0.1, 0.15) is 37.1 Å². The number of hydrogen-bond donors (Lipinski definition) is 0. The molecule has 4 rings (SSSR count). The van der Waals surface area contributed by atoms with Gasteiger partial charge in [-0.2, -0.15) is 18.2 Å². The average molecular weight is 424 g/mol. The van der Waals surface area contributed by atoms with Crippen LogP contribution in [0.15, 0.2) is 28.8 Å². The molecule has 0 aliphatic carbocycles. The van der Waals surface area contributed by atoms with Crippen LogP contribution in [0.5, 0.6) is 0 Å². The average Bonchev–Trinajstić information content (AvgIpc) is 3.22. The summed E-state index contributed by atoms with van der Waals surface area (Å²) in [6.45, 7) is 6.23. The highest BCUT2D eigenvalue weighted by molar-refractivity contribution is 5.54. The quantitative estimate of drug-likeness (QED) is 0.703. The molecule has 0 radical (unpaired) electrons. The fraction of sp³-hybridized carbons (Fsp3) is 0.619. The van der Waals surface area contributed by atoms with Gasteiger partial charge in [0.2, 0.25) is 11.7 Å². The number of likely N-dealkylation sites (tertiary alicyclic amines) is 1. The lowest BCUT2D eigenvalue weighted by Crippen LogP contribution is -2.43. The van der Waals surface area contributed by atoms with Crippen LogP contribution < -0.4 is 0 Å². The van der Waals surface area contributed by atoms with Crippen LogP contribution in [0.2, 0.25) is 0 Å². The summed E-state index contributed by atoms with van der Waals surface area (Å²) in [5.41, 5.74) is -0.174. The van der Waals surface area contributed by atoms with E-state index < -0.39 is 11.7 Å². The number of hydrogen-bond acceptors (Lipinski definition) is 6. The van der Waals surface area contributed by atoms with E-state index >= 15 is 0 Å². The first-order chi connectivity index (χ1) is 14.5. The van der Waals surface area contributed by atoms with Crippen LogP contribution in [0.3, 0.4) is 0 Å². The third kappa shape index (κ3) is 5.39. The number of alkyl halides is 3. The SMILES string of the molecule is FC(F)(F)c1ccc(-c2noc(CN3CCCC[C@@H]3CCN3CCOCC3)n2)cc1. The normalized spacial score (nSPS) is 21.8. The molecule has 0 saturated carbocycles. The summed E-state index contributed by atoms with van der Waals surface area (Å²) in [6.07, 6.45) is 0.272. The number of halogens is 3. The lowest BCUT2D eigenvalue weighted by atomic mass is 9.99. The van der Waals surface area contributed by atoms with E-state index in [9.17, 15) is 13.2 Å². The van der Waals surface area contributed by atoms with E-state index in [1.54, 1.807) is 0 Å². The molecule has 1 aromatic heterocycles. The van der Waals surface area contributed by atoms with Crippen molar-refractivity contribution in [1.29, 1.82) is 0 Å². The van der Waals surface area contributed by atoms with Gasteiger partial charge >= 0.3 is 6.18 Å². The van der Waals surface area contributed by atoms with Crippen molar-refractivity contribution in [3.05, 3.63) is 35.7 Å². The summed E-state index contributed by atoms with van der Waals surface area (Å²) in [6, 6.07) is 5.31. The Balaban J connectivity index is 1.36. The van der Waals surface area contributed by atoms with E-state index in [2.05, 4.69) is 19.9 Å². The Labute approximate surface area is 174 Å². The van der Waals surface area contributed by atoms with Gasteiger partial charge in [-0.15, -0.1) is 0 Å². The van der Waals surface area contributed by atoms with E-state index in [1.165, 1.54) is 18.6 Å². The molecule has 0 N–H and O–H groups in total. The van der Waals surface area contributed by atoms with Gasteiger partial charge in [-0.3, -0.25) is 9.80 Å². The highest BCUT2D eigenvalue weighted by Crippen LogP contribution is 2.30. The number of ether oxygens (including phenoxy) is 1. The van der Waals surface area contributed by atoms with Crippen LogP contribution in [0.4, 0.5) is 13.2 Å². The van der Waals surface area contributed by atoms with Crippen molar-refractivity contribution in [3.8, 4) is 11.4 Å². The topological polar surface area (TPSA) is 54.6 Å². The van der Waals surface area contributed by atoms with Crippen molar-refractivity contribution in [2.24, 2.45) is 0 Å². The van der Waals surface area contributed by atoms with Crippen molar-refractivity contribution in [2.45, 2.75) is 44.4 Å². The predicted molar refractivity (Wildman–Crippen MR) is 105 cm³/mol. The third-order valence-electron chi connectivity index (χ3n) is 5.91. The zero-order valence-electron chi connectivity index (χ0n) is 16.9. The van der Waals surface area contributed by atoms with Crippen LogP contribution >= 0.6 is 0 Å². The zero-order chi connectivity index (χ0) is 21.0. The first kappa shape index (κ1) is 21.3. The second kappa shape index (κ2) is 9.45. The van der Waals surface area contributed by atoms with Gasteiger partial charge in [-0.1, -0.05) is 23.7 Å². The molecule has 0 amide bonds. The van der Waals surface area contributed by atoms with E-state index in [0.29, 0.717) is 29.9 Å². The minimum absolute atomic E-state index is 0.320. The maximum absolute atomic E-state index is 12.7. The second-order valence-corrected chi connectivity index (χ2v) is 7.95. The van der Waals surface area contributed by atoms with E-state index in [4.69, 9.17) is 9.26 Å². The van der Waals surface area contributed by atoms with E-state index in [0.717, 1.165) is 70.8 Å². The fourth-order valence-corrected chi connectivity index (χ4v) is 4.17. The molecular formula is C21H27F3N4O2. The predicted octanol–water partition coefficient (Wildman–Crippen LogP) is 3.83. The summed E-state index contributed by atoms with van der Waals surface area (Å²) < 4.78 is 49.0. The molecule has 0 spiro atoms. The highest BCUT2D eigenvalue weighted by atomic mass is 19.4. The lowest BCUT2D eigenvalue weighted by Gasteiger charge is -2.36. The molecule has 1 aromatic carbocycles. The monoisotopic (exact) mass is 424 g/mol. The Hall–Kier alpha value is -1.97. The minimum Gasteiger partial charge on any atom is -0.379 e. The Morgan fingerprint density at radius 2 is 1.80 bits per heavy atom. The van der Waals surface area contributed by atoms with Gasteiger partial charge in [0.25, 0.3) is 0 Å². The van der Waals surface area contributed by atoms with Gasteiger partial charge in [0.15, 0.2) is 0 Å². The number of piperidine rings is 1. The standard InChI is InChI=1S/C21H27F3N4O2/c22-21(23,24)17-6-4-16(5-7-17)20-25-19(30-26-20)15-28-9-2-1-3-18(28)8-10-27-11-13-29-14-12-27/h4-7,18H,1-3,8-15H2/t18-/m1/s1. The molecule has 2 aliphatic heterocycles. The number of morpholine rings is 1. The summed E-state index contributed by atoms with van der Waals surface area (Å²) in [7, 11) is 0. The van der Waals surface area contributed by atoms with Crippen molar-refractivity contribution < 1.29 is 22.4 Å². The first-order valence-electron chi connectivity index (χ1n) is 10.5. The third-order valence-corrected chi connectivity index (χ3v) is 5.91. The van der Waals surface area contributed by atoms with E-state index in [-0.39, 0.29) is 0 Å². The summed E-state index contributed by atoms with van der Waals surface area (Å²) in [4.78, 5) is 9.27. The number of benzene rings is 1. The molecule has 6 nitrogen and oxygen atoms in total. The molecule has 3 heterocycles. The lowest BCUT2D eigenvalue weighted by molar-refractivity contribution is -0.137. The molecule has 2 aliphatic rings. The number of nitrogens with zero attached hydrogens (tertiary/aromatic N) is 4. The van der Waals surface area contributed by atoms with Crippen LogP contribution in [-0.2, 0) is 17.5 Å². The molecule has 2 aromatic rings. The maximum atomic E-state index is 12.7. The highest BCUT2D eigenvalue weighted by Gasteiger charge is 2.30. The van der Waals surface area contributed by atoms with Crippen molar-refractivity contribution in [3.63, 3.8) is 0 Å². The van der Waals surface area contributed by atoms with Crippen LogP contribution in [-0.4, -0.2) is 65.4 Å². The van der Waals surface area contributed by atoms with Gasteiger partial charge < -0.3 is 9.26 Å². The molecule has 1 atom stereocenters. The van der Waals surface area contributed by atoms with Crippen LogP contribution in [0, 0.1) is 0 Å². The van der Waals surface area contributed by atoms with E-state index in [1.807, 2.05) is 0 Å². The summed E-state index contributed by atoms with van der Waals surface area (Å²) in [5, 5.41) is 3.97. The first-order valence-corrected chi connectivity index (χ1v) is 10.5. The summed E-state index contributed by atoms with van der Waals surface area (Å²) in [5.74, 6) is 0.823. The second-order valence-electron chi connectivity index (χ2n) is 7.95. The minimum atomic E-state index is -4.36. The molecule has 0 unspecified atom stereocenters. The molecule has 30 heavy (non-hydrogen) atoms. The number of rotatable bonds is 6. The fourth-order valence-electron chi connectivity index (χ4n) is 4.17. The van der Waals surface area contributed by atoms with Gasteiger partial charge in [0.05, 0.1) is 25.3 Å². The Morgan fingerprint density at radius 1 is 1.03 bits per heavy atom. The van der Waals surface area contributed by atoms with Crippen molar-refractivity contribution in [1.82, 2.24) is 19.9 Å². The molecule has 9 heteroatoms. The zero-order valence-corrected chi connectivity index (χ0v) is 16.9. The smallest absolute Gasteiger partial charge is 0.379 e. The molecule has 0 bridgehead atoms. The maximum Gasteiger partial charge on any atom is 0.416 e. The Bertz CT molecular complexity index is 803. The van der Waals surface area contributed by atoms with Gasteiger partial charge in [-0.25, -0.2) is 0 Å². The van der Waals surface area contributed by atoms with Crippen molar-refractivity contribution >= 4 is 0 Å². The Morgan fingerprint density at radius 3 is 2.53 bits per heavy atom. The van der Waals surface area contributed by atoms with Gasteiger partial charge in [0, 0.05) is 24.7 Å². The Kier molecular flexibility index (Phi) is 6.70. The van der Waals surface area contributed by atoms with Gasteiger partial charge in [-0.05, 0) is 44.5 Å². The molecule has 164 valence electrons.